The average molecular weight is 360 g/mol. The summed E-state index contributed by atoms with van der Waals surface area (Å²) in [5, 5.41) is 4.16. The van der Waals surface area contributed by atoms with Gasteiger partial charge in [-0.05, 0) is 48.5 Å². The maximum absolute atomic E-state index is 5.18. The van der Waals surface area contributed by atoms with Crippen LogP contribution in [0.2, 0.25) is 0 Å². The van der Waals surface area contributed by atoms with Gasteiger partial charge in [0.15, 0.2) is 5.82 Å². The van der Waals surface area contributed by atoms with Gasteiger partial charge in [0, 0.05) is 11.9 Å². The fraction of sp³-hybridized carbons (Fsp3) is 0.0500. The molecular weight excluding hydrogens is 344 g/mol. The van der Waals surface area contributed by atoms with Crippen LogP contribution in [-0.2, 0) is 0 Å². The Labute approximate surface area is 155 Å². The Hall–Kier alpha value is -3.25. The highest BCUT2D eigenvalue weighted by molar-refractivity contribution is 7.20. The number of benzene rings is 2. The number of nitrogens with one attached hydrogen (secondary N) is 1. The van der Waals surface area contributed by atoms with Crippen LogP contribution in [-0.4, -0.2) is 23.3 Å². The van der Waals surface area contributed by atoms with Crippen LogP contribution in [0.4, 0.5) is 17.2 Å². The van der Waals surface area contributed by atoms with Crippen molar-refractivity contribution in [3.05, 3.63) is 71.9 Å². The molecule has 128 valence electrons. The third kappa shape index (κ3) is 3.55. The van der Waals surface area contributed by atoms with Gasteiger partial charge < -0.3 is 10.1 Å². The Bertz CT molecular complexity index is 1020. The van der Waals surface area contributed by atoms with Gasteiger partial charge >= 0.3 is 0 Å². The average Bonchev–Trinajstić information content (AvgIpc) is 3.11. The van der Waals surface area contributed by atoms with Crippen molar-refractivity contribution in [2.24, 2.45) is 4.99 Å². The number of methoxy groups -OCH3 is 1. The van der Waals surface area contributed by atoms with Gasteiger partial charge in [-0.2, -0.15) is 0 Å². The molecule has 2 aromatic carbocycles. The van der Waals surface area contributed by atoms with Crippen molar-refractivity contribution >= 4 is 45.0 Å². The van der Waals surface area contributed by atoms with Gasteiger partial charge in [-0.25, -0.2) is 15.0 Å². The van der Waals surface area contributed by atoms with Crippen LogP contribution in [0.3, 0.4) is 0 Å². The second-order valence-electron chi connectivity index (χ2n) is 5.50. The second kappa shape index (κ2) is 7.33. The predicted molar refractivity (Wildman–Crippen MR) is 107 cm³/mol. The second-order valence-corrected chi connectivity index (χ2v) is 6.56. The van der Waals surface area contributed by atoms with E-state index in [2.05, 4.69) is 26.3 Å². The first-order chi connectivity index (χ1) is 12.8. The molecule has 0 fully saturated rings. The van der Waals surface area contributed by atoms with Gasteiger partial charge in [-0.15, -0.1) is 11.3 Å². The molecule has 0 atom stereocenters. The minimum Gasteiger partial charge on any atom is -0.497 e. The zero-order chi connectivity index (χ0) is 17.8. The summed E-state index contributed by atoms with van der Waals surface area (Å²) in [5.41, 5.74) is 2.66. The van der Waals surface area contributed by atoms with E-state index in [0.29, 0.717) is 5.82 Å². The van der Waals surface area contributed by atoms with Crippen LogP contribution in [0.15, 0.2) is 71.9 Å². The van der Waals surface area contributed by atoms with Crippen molar-refractivity contribution in [1.29, 1.82) is 0 Å². The molecule has 4 aromatic rings. The Kier molecular flexibility index (Phi) is 4.57. The predicted octanol–water partition coefficient (Wildman–Crippen LogP) is 5.19. The van der Waals surface area contributed by atoms with E-state index in [-0.39, 0.29) is 0 Å². The lowest BCUT2D eigenvalue weighted by Gasteiger charge is -2.08. The molecule has 0 spiro atoms. The maximum atomic E-state index is 5.18. The minimum atomic E-state index is 0.690. The van der Waals surface area contributed by atoms with Gasteiger partial charge in [0.05, 0.1) is 23.5 Å². The van der Waals surface area contributed by atoms with E-state index < -0.39 is 0 Å². The summed E-state index contributed by atoms with van der Waals surface area (Å²) >= 11 is 1.62. The number of hydrogen-bond acceptors (Lipinski definition) is 6. The summed E-state index contributed by atoms with van der Waals surface area (Å²) in [4.78, 5) is 13.5. The van der Waals surface area contributed by atoms with Crippen LogP contribution in [0.5, 0.6) is 5.75 Å². The summed E-state index contributed by atoms with van der Waals surface area (Å²) in [5.74, 6) is 1.50. The summed E-state index contributed by atoms with van der Waals surface area (Å²) < 4.78 is 6.33. The largest absolute Gasteiger partial charge is 0.497 e. The number of pyridine rings is 1. The first kappa shape index (κ1) is 16.2. The number of para-hydroxylation sites is 1. The van der Waals surface area contributed by atoms with Crippen molar-refractivity contribution in [3.63, 3.8) is 0 Å². The molecule has 0 aliphatic heterocycles. The Balaban J connectivity index is 1.58. The first-order valence-electron chi connectivity index (χ1n) is 8.07. The van der Waals surface area contributed by atoms with Crippen molar-refractivity contribution in [2.45, 2.75) is 0 Å². The molecule has 2 heterocycles. The maximum Gasteiger partial charge on any atom is 0.156 e. The third-order valence-corrected chi connectivity index (χ3v) is 4.73. The quantitative estimate of drug-likeness (QED) is 0.497. The lowest BCUT2D eigenvalue weighted by Crippen LogP contribution is -1.94. The summed E-state index contributed by atoms with van der Waals surface area (Å²) in [7, 11) is 1.65. The van der Waals surface area contributed by atoms with Crippen LogP contribution >= 0.6 is 11.3 Å². The standard InChI is InChI=1S/C20H16N4OS/c1-25-15-10-8-14(9-11-15)23-20-17(6-4-12-21-20)22-13-19-24-16-5-2-3-7-18(16)26-19/h2-13H,1H3,(H,21,23). The highest BCUT2D eigenvalue weighted by Crippen LogP contribution is 2.27. The molecule has 6 heteroatoms. The Morgan fingerprint density at radius 1 is 1.04 bits per heavy atom. The topological polar surface area (TPSA) is 59.4 Å². The van der Waals surface area contributed by atoms with Gasteiger partial charge in [0.2, 0.25) is 0 Å². The molecular formula is C20H16N4OS. The Morgan fingerprint density at radius 2 is 1.88 bits per heavy atom. The van der Waals surface area contributed by atoms with Crippen LogP contribution < -0.4 is 10.1 Å². The van der Waals surface area contributed by atoms with E-state index in [0.717, 1.165) is 32.3 Å². The number of aromatic nitrogens is 2. The number of anilines is 2. The normalized spacial score (nSPS) is 11.1. The van der Waals surface area contributed by atoms with Crippen LogP contribution in [0.25, 0.3) is 10.2 Å². The van der Waals surface area contributed by atoms with Crippen molar-refractivity contribution < 1.29 is 4.74 Å². The highest BCUT2D eigenvalue weighted by Gasteiger charge is 2.04. The third-order valence-electron chi connectivity index (χ3n) is 3.76. The molecule has 0 bridgehead atoms. The molecule has 2 aromatic heterocycles. The number of hydrogen-bond donors (Lipinski definition) is 1. The van der Waals surface area contributed by atoms with Gasteiger partial charge in [-0.1, -0.05) is 12.1 Å². The lowest BCUT2D eigenvalue weighted by molar-refractivity contribution is 0.415. The van der Waals surface area contributed by atoms with Gasteiger partial charge in [-0.3, -0.25) is 0 Å². The number of fused-ring (bicyclic) bond motifs is 1. The van der Waals surface area contributed by atoms with Crippen molar-refractivity contribution in [1.82, 2.24) is 9.97 Å². The molecule has 0 radical (unpaired) electrons. The fourth-order valence-electron chi connectivity index (χ4n) is 2.48. The van der Waals surface area contributed by atoms with Crippen LogP contribution in [0.1, 0.15) is 5.01 Å². The lowest BCUT2D eigenvalue weighted by atomic mass is 10.3. The smallest absolute Gasteiger partial charge is 0.156 e. The highest BCUT2D eigenvalue weighted by atomic mass is 32.1. The van der Waals surface area contributed by atoms with E-state index >= 15 is 0 Å². The van der Waals surface area contributed by atoms with Crippen molar-refractivity contribution in [3.8, 4) is 5.75 Å². The van der Waals surface area contributed by atoms with E-state index in [9.17, 15) is 0 Å². The zero-order valence-corrected chi connectivity index (χ0v) is 14.9. The molecule has 0 aliphatic rings. The number of aliphatic imine (C=N–C) groups is 1. The minimum absolute atomic E-state index is 0.690. The molecule has 0 saturated carbocycles. The molecule has 26 heavy (non-hydrogen) atoms. The molecule has 0 saturated heterocycles. The van der Waals surface area contributed by atoms with Crippen LogP contribution in [0, 0.1) is 0 Å². The number of rotatable bonds is 5. The number of ether oxygens (including phenoxy) is 1. The zero-order valence-electron chi connectivity index (χ0n) is 14.1. The molecule has 0 aliphatic carbocycles. The van der Waals surface area contributed by atoms with Gasteiger partial charge in [0.1, 0.15) is 16.4 Å². The van der Waals surface area contributed by atoms with E-state index in [1.54, 1.807) is 30.9 Å². The molecule has 0 amide bonds. The summed E-state index contributed by atoms with van der Waals surface area (Å²) in [6, 6.07) is 19.5. The van der Waals surface area contributed by atoms with E-state index in [1.165, 1.54) is 0 Å². The molecule has 4 rings (SSSR count). The molecule has 5 nitrogen and oxygen atoms in total. The van der Waals surface area contributed by atoms with E-state index in [4.69, 9.17) is 4.74 Å². The van der Waals surface area contributed by atoms with Gasteiger partial charge in [0.25, 0.3) is 0 Å². The molecule has 1 N–H and O–H groups in total. The number of thiazole rings is 1. The molecule has 0 unspecified atom stereocenters. The summed E-state index contributed by atoms with van der Waals surface area (Å²) in [6.07, 6.45) is 3.52. The monoisotopic (exact) mass is 360 g/mol. The van der Waals surface area contributed by atoms with E-state index in [1.807, 2.05) is 54.6 Å². The Morgan fingerprint density at radius 3 is 2.69 bits per heavy atom. The SMILES string of the molecule is COc1ccc(Nc2ncccc2N=Cc2nc3ccccc3s2)cc1. The summed E-state index contributed by atoms with van der Waals surface area (Å²) in [6.45, 7) is 0. The number of nitrogens with zero attached hydrogens (tertiary/aromatic N) is 3. The van der Waals surface area contributed by atoms with Crippen molar-refractivity contribution in [2.75, 3.05) is 12.4 Å². The fourth-order valence-corrected chi connectivity index (χ4v) is 3.32. The first-order valence-corrected chi connectivity index (χ1v) is 8.89.